The molecule has 0 atom stereocenters. The quantitative estimate of drug-likeness (QED) is 0.673. The molecule has 1 N–H and O–H groups in total. The third-order valence-corrected chi connectivity index (χ3v) is 4.43. The molecule has 2 nitrogen and oxygen atoms in total. The van der Waals surface area contributed by atoms with Gasteiger partial charge >= 0.3 is 0 Å². The van der Waals surface area contributed by atoms with E-state index in [0.717, 1.165) is 20.2 Å². The first-order valence-electron chi connectivity index (χ1n) is 5.05. The summed E-state index contributed by atoms with van der Waals surface area (Å²) < 4.78 is 1.78. The van der Waals surface area contributed by atoms with Crippen molar-refractivity contribution in [2.75, 3.05) is 5.32 Å². The maximum atomic E-state index is 5.96. The number of anilines is 1. The monoisotopic (exact) mass is 408 g/mol. The van der Waals surface area contributed by atoms with Gasteiger partial charge in [0, 0.05) is 16.0 Å². The van der Waals surface area contributed by atoms with Crippen LogP contribution in [0.15, 0.2) is 39.4 Å². The van der Waals surface area contributed by atoms with Crippen molar-refractivity contribution in [1.29, 1.82) is 0 Å². The lowest BCUT2D eigenvalue weighted by atomic mass is 10.2. The van der Waals surface area contributed by atoms with Crippen LogP contribution in [-0.2, 0) is 6.54 Å². The average molecular weight is 411 g/mol. The first-order chi connectivity index (χ1) is 8.56. The van der Waals surface area contributed by atoms with Gasteiger partial charge in [-0.2, -0.15) is 0 Å². The van der Waals surface area contributed by atoms with Crippen LogP contribution in [0, 0.1) is 0 Å². The first-order valence-corrected chi connectivity index (χ1v) is 7.39. The minimum absolute atomic E-state index is 0.449. The predicted molar refractivity (Wildman–Crippen MR) is 83.4 cm³/mol. The minimum Gasteiger partial charge on any atom is -0.380 e. The van der Waals surface area contributed by atoms with Crippen LogP contribution >= 0.6 is 55.1 Å². The molecule has 1 heterocycles. The maximum Gasteiger partial charge on any atom is 0.143 e. The third kappa shape index (κ3) is 3.60. The summed E-state index contributed by atoms with van der Waals surface area (Å²) in [5, 5.41) is 4.42. The number of pyridine rings is 1. The minimum atomic E-state index is 0.449. The Balaban J connectivity index is 2.11. The van der Waals surface area contributed by atoms with Gasteiger partial charge in [0.15, 0.2) is 0 Å². The molecule has 1 aromatic heterocycles. The van der Waals surface area contributed by atoms with Gasteiger partial charge in [0.05, 0.1) is 16.4 Å². The fraction of sp³-hybridized carbons (Fsp3) is 0.0833. The lowest BCUT2D eigenvalue weighted by Gasteiger charge is -2.09. The average Bonchev–Trinajstić information content (AvgIpc) is 2.34. The first kappa shape index (κ1) is 14.1. The molecule has 0 saturated heterocycles. The number of rotatable bonds is 3. The van der Waals surface area contributed by atoms with Crippen LogP contribution in [0.2, 0.25) is 10.2 Å². The Bertz CT molecular complexity index is 576. The number of nitrogens with zero attached hydrogens (tertiary/aromatic N) is 1. The Kier molecular flexibility index (Phi) is 4.90. The van der Waals surface area contributed by atoms with Crippen molar-refractivity contribution in [1.82, 2.24) is 4.98 Å². The zero-order chi connectivity index (χ0) is 13.1. The van der Waals surface area contributed by atoms with E-state index in [1.807, 2.05) is 24.3 Å². The Hall–Kier alpha value is -0.290. The zero-order valence-corrected chi connectivity index (χ0v) is 13.7. The predicted octanol–water partition coefficient (Wildman–Crippen LogP) is 5.53. The molecular weight excluding hydrogens is 403 g/mol. The highest BCUT2D eigenvalue weighted by atomic mass is 79.9. The fourth-order valence-electron chi connectivity index (χ4n) is 1.39. The van der Waals surface area contributed by atoms with Crippen LogP contribution in [0.3, 0.4) is 0 Å². The van der Waals surface area contributed by atoms with Crippen molar-refractivity contribution in [3.05, 3.63) is 55.1 Å². The van der Waals surface area contributed by atoms with Gasteiger partial charge in [-0.25, -0.2) is 4.98 Å². The third-order valence-electron chi connectivity index (χ3n) is 2.29. The molecule has 0 amide bonds. The van der Waals surface area contributed by atoms with Gasteiger partial charge in [-0.3, -0.25) is 0 Å². The molecule has 18 heavy (non-hydrogen) atoms. The molecule has 0 radical (unpaired) electrons. The summed E-state index contributed by atoms with van der Waals surface area (Å²) in [6, 6.07) is 7.57. The second-order valence-corrected chi connectivity index (χ2v) is 6.09. The molecule has 0 saturated carbocycles. The van der Waals surface area contributed by atoms with Crippen molar-refractivity contribution < 1.29 is 0 Å². The molecule has 0 fully saturated rings. The number of aromatic nitrogens is 1. The van der Waals surface area contributed by atoms with Crippen molar-refractivity contribution in [3.63, 3.8) is 0 Å². The van der Waals surface area contributed by atoms with Crippen molar-refractivity contribution in [2.24, 2.45) is 0 Å². The summed E-state index contributed by atoms with van der Waals surface area (Å²) in [4.78, 5) is 4.05. The van der Waals surface area contributed by atoms with Gasteiger partial charge in [-0.05, 0) is 45.8 Å². The second kappa shape index (κ2) is 6.24. The van der Waals surface area contributed by atoms with E-state index in [2.05, 4.69) is 42.2 Å². The summed E-state index contributed by atoms with van der Waals surface area (Å²) in [5.41, 5.74) is 1.96. The van der Waals surface area contributed by atoms with Crippen LogP contribution in [0.1, 0.15) is 5.56 Å². The molecular formula is C12H8Br2Cl2N2. The van der Waals surface area contributed by atoms with Gasteiger partial charge < -0.3 is 5.32 Å². The number of benzene rings is 1. The fourth-order valence-corrected chi connectivity index (χ4v) is 2.43. The van der Waals surface area contributed by atoms with Gasteiger partial charge in [-0.15, -0.1) is 0 Å². The highest BCUT2D eigenvalue weighted by molar-refractivity contribution is 9.10. The summed E-state index contributed by atoms with van der Waals surface area (Å²) in [7, 11) is 0. The normalized spacial score (nSPS) is 10.4. The topological polar surface area (TPSA) is 24.9 Å². The van der Waals surface area contributed by atoms with Crippen LogP contribution in [0.25, 0.3) is 0 Å². The van der Waals surface area contributed by atoms with Crippen molar-refractivity contribution in [2.45, 2.75) is 6.54 Å². The number of halogens is 4. The van der Waals surface area contributed by atoms with E-state index in [-0.39, 0.29) is 0 Å². The molecule has 94 valence electrons. The Morgan fingerprint density at radius 1 is 1.11 bits per heavy atom. The second-order valence-electron chi connectivity index (χ2n) is 3.59. The van der Waals surface area contributed by atoms with E-state index in [9.17, 15) is 0 Å². The van der Waals surface area contributed by atoms with Gasteiger partial charge in [0.1, 0.15) is 5.15 Å². The summed E-state index contributed by atoms with van der Waals surface area (Å²) >= 11 is 18.6. The van der Waals surface area contributed by atoms with Crippen LogP contribution < -0.4 is 5.32 Å². The number of hydrogen-bond donors (Lipinski definition) is 1. The van der Waals surface area contributed by atoms with E-state index in [0.29, 0.717) is 16.7 Å². The molecule has 1 aromatic carbocycles. The van der Waals surface area contributed by atoms with E-state index < -0.39 is 0 Å². The molecule has 2 rings (SSSR count). The molecule has 0 aliphatic heterocycles. The Morgan fingerprint density at radius 2 is 1.89 bits per heavy atom. The molecule has 6 heteroatoms. The largest absolute Gasteiger partial charge is 0.380 e. The lowest BCUT2D eigenvalue weighted by molar-refractivity contribution is 1.12. The van der Waals surface area contributed by atoms with Gasteiger partial charge in [0.2, 0.25) is 0 Å². The van der Waals surface area contributed by atoms with Crippen LogP contribution in [0.5, 0.6) is 0 Å². The lowest BCUT2D eigenvalue weighted by Crippen LogP contribution is -2.00. The van der Waals surface area contributed by atoms with E-state index in [4.69, 9.17) is 23.2 Å². The summed E-state index contributed by atoms with van der Waals surface area (Å²) in [6.45, 7) is 0.650. The van der Waals surface area contributed by atoms with Crippen LogP contribution in [-0.4, -0.2) is 4.98 Å². The molecule has 0 bridgehead atoms. The summed E-state index contributed by atoms with van der Waals surface area (Å²) in [6.07, 6.45) is 1.69. The van der Waals surface area contributed by atoms with Gasteiger partial charge in [-0.1, -0.05) is 39.1 Å². The highest BCUT2D eigenvalue weighted by Gasteiger charge is 2.03. The van der Waals surface area contributed by atoms with E-state index >= 15 is 0 Å². The summed E-state index contributed by atoms with van der Waals surface area (Å²) in [5.74, 6) is 0. The Labute approximate surface area is 132 Å². The SMILES string of the molecule is Clc1ccc(Br)c(CNc2cnc(Cl)c(Br)c2)c1. The van der Waals surface area contributed by atoms with E-state index in [1.165, 1.54) is 0 Å². The number of hydrogen-bond acceptors (Lipinski definition) is 2. The molecule has 2 aromatic rings. The smallest absolute Gasteiger partial charge is 0.143 e. The molecule has 0 aliphatic carbocycles. The molecule has 0 aliphatic rings. The van der Waals surface area contributed by atoms with E-state index in [1.54, 1.807) is 6.20 Å². The van der Waals surface area contributed by atoms with Gasteiger partial charge in [0.25, 0.3) is 0 Å². The van der Waals surface area contributed by atoms with Crippen molar-refractivity contribution in [3.8, 4) is 0 Å². The zero-order valence-electron chi connectivity index (χ0n) is 9.05. The number of nitrogens with one attached hydrogen (secondary N) is 1. The van der Waals surface area contributed by atoms with Crippen molar-refractivity contribution >= 4 is 60.7 Å². The molecule has 0 spiro atoms. The molecule has 0 unspecified atom stereocenters. The standard InChI is InChI=1S/C12H8Br2Cl2N2/c13-10-2-1-8(15)3-7(10)5-17-9-4-11(14)12(16)18-6-9/h1-4,6,17H,5H2. The Morgan fingerprint density at radius 3 is 2.61 bits per heavy atom. The van der Waals surface area contributed by atoms with Crippen LogP contribution in [0.4, 0.5) is 5.69 Å². The maximum absolute atomic E-state index is 5.96. The highest BCUT2D eigenvalue weighted by Crippen LogP contribution is 2.25.